The first-order chi connectivity index (χ1) is 7.10. The number of ether oxygens (including phenoxy) is 2. The molecule has 0 saturated heterocycles. The van der Waals surface area contributed by atoms with Crippen LogP contribution in [0.3, 0.4) is 0 Å². The van der Waals surface area contributed by atoms with E-state index in [0.29, 0.717) is 17.9 Å². The smallest absolute Gasteiger partial charge is 0.175 e. The van der Waals surface area contributed by atoms with E-state index >= 15 is 0 Å². The first-order valence-electron chi connectivity index (χ1n) is 4.49. The van der Waals surface area contributed by atoms with E-state index in [1.165, 1.54) is 0 Å². The van der Waals surface area contributed by atoms with Crippen molar-refractivity contribution in [1.82, 2.24) is 0 Å². The fraction of sp³-hybridized carbons (Fsp3) is 0.364. The number of hydrogen-bond donors (Lipinski definition) is 0. The van der Waals surface area contributed by atoms with Crippen molar-refractivity contribution in [2.75, 3.05) is 14.2 Å². The second kappa shape index (κ2) is 5.16. The molecule has 0 heterocycles. The van der Waals surface area contributed by atoms with Crippen molar-refractivity contribution in [3.63, 3.8) is 0 Å². The summed E-state index contributed by atoms with van der Waals surface area (Å²) in [7, 11) is 3.15. The molecule has 1 aromatic carbocycles. The van der Waals surface area contributed by atoms with Crippen LogP contribution < -0.4 is 9.47 Å². The molecule has 3 nitrogen and oxygen atoms in total. The highest BCUT2D eigenvalue weighted by atomic mass is 79.9. The molecular formula is C11H13BrO3. The molecule has 1 rings (SSSR count). The largest absolute Gasteiger partial charge is 0.493 e. The van der Waals surface area contributed by atoms with Crippen LogP contribution in [0.15, 0.2) is 16.6 Å². The quantitative estimate of drug-likeness (QED) is 0.845. The molecule has 0 N–H and O–H groups in total. The molecule has 0 aromatic heterocycles. The van der Waals surface area contributed by atoms with Gasteiger partial charge in [0, 0.05) is 6.42 Å². The Hall–Kier alpha value is -1.03. The van der Waals surface area contributed by atoms with E-state index < -0.39 is 0 Å². The lowest BCUT2D eigenvalue weighted by molar-refractivity contribution is -0.116. The molecule has 0 unspecified atom stereocenters. The first kappa shape index (κ1) is 12.0. The predicted molar refractivity (Wildman–Crippen MR) is 61.6 cm³/mol. The molecule has 82 valence electrons. The summed E-state index contributed by atoms with van der Waals surface area (Å²) in [5.74, 6) is 1.39. The van der Waals surface area contributed by atoms with Gasteiger partial charge in [0.1, 0.15) is 5.78 Å². The molecule has 4 heteroatoms. The lowest BCUT2D eigenvalue weighted by Crippen LogP contribution is -2.00. The molecule has 0 radical (unpaired) electrons. The Bertz CT molecular complexity index is 374. The normalized spacial score (nSPS) is 9.87. The highest BCUT2D eigenvalue weighted by molar-refractivity contribution is 9.10. The number of hydrogen-bond acceptors (Lipinski definition) is 3. The van der Waals surface area contributed by atoms with Gasteiger partial charge in [-0.05, 0) is 34.5 Å². The lowest BCUT2D eigenvalue weighted by atomic mass is 10.1. The van der Waals surface area contributed by atoms with E-state index in [4.69, 9.17) is 9.47 Å². The van der Waals surface area contributed by atoms with Gasteiger partial charge in [0.2, 0.25) is 0 Å². The Labute approximate surface area is 97.5 Å². The van der Waals surface area contributed by atoms with Crippen molar-refractivity contribution >= 4 is 21.7 Å². The predicted octanol–water partition coefficient (Wildman–Crippen LogP) is 2.60. The van der Waals surface area contributed by atoms with Crippen LogP contribution >= 0.6 is 15.9 Å². The van der Waals surface area contributed by atoms with Crippen LogP contribution in [0.4, 0.5) is 0 Å². The SMILES string of the molecule is COc1ccc(CC(C)=O)c(Br)c1OC. The second-order valence-corrected chi connectivity index (χ2v) is 3.95. The van der Waals surface area contributed by atoms with E-state index in [1.54, 1.807) is 27.2 Å². The van der Waals surface area contributed by atoms with Gasteiger partial charge >= 0.3 is 0 Å². The summed E-state index contributed by atoms with van der Waals surface area (Å²) in [6.07, 6.45) is 0.390. The second-order valence-electron chi connectivity index (χ2n) is 3.15. The highest BCUT2D eigenvalue weighted by Crippen LogP contribution is 2.37. The third kappa shape index (κ3) is 2.72. The molecule has 0 spiro atoms. The van der Waals surface area contributed by atoms with Crippen LogP contribution in [-0.2, 0) is 11.2 Å². The number of methoxy groups -OCH3 is 2. The zero-order chi connectivity index (χ0) is 11.4. The van der Waals surface area contributed by atoms with Crippen molar-refractivity contribution in [3.8, 4) is 11.5 Å². The van der Waals surface area contributed by atoms with Gasteiger partial charge in [0.15, 0.2) is 11.5 Å². The van der Waals surface area contributed by atoms with Gasteiger partial charge in [-0.1, -0.05) is 6.07 Å². The Balaban J connectivity index is 3.16. The van der Waals surface area contributed by atoms with Crippen LogP contribution in [0.25, 0.3) is 0 Å². The van der Waals surface area contributed by atoms with Crippen molar-refractivity contribution in [1.29, 1.82) is 0 Å². The third-order valence-corrected chi connectivity index (χ3v) is 2.87. The standard InChI is InChI=1S/C11H13BrO3/c1-7(13)6-8-4-5-9(14-2)11(15-3)10(8)12/h4-5H,6H2,1-3H3. The van der Waals surface area contributed by atoms with Crippen LogP contribution in [0, 0.1) is 0 Å². The van der Waals surface area contributed by atoms with Crippen molar-refractivity contribution < 1.29 is 14.3 Å². The van der Waals surface area contributed by atoms with Crippen LogP contribution in [-0.4, -0.2) is 20.0 Å². The number of rotatable bonds is 4. The maximum Gasteiger partial charge on any atom is 0.175 e. The maximum atomic E-state index is 11.0. The molecule has 0 saturated carbocycles. The van der Waals surface area contributed by atoms with Gasteiger partial charge in [-0.3, -0.25) is 4.79 Å². The molecule has 0 aliphatic heterocycles. The maximum absolute atomic E-state index is 11.0. The lowest BCUT2D eigenvalue weighted by Gasteiger charge is -2.12. The number of Topliss-reactive ketones (excluding diaryl/α,β-unsaturated/α-hetero) is 1. The number of benzene rings is 1. The van der Waals surface area contributed by atoms with Crippen LogP contribution in [0.5, 0.6) is 11.5 Å². The third-order valence-electron chi connectivity index (χ3n) is 2.00. The monoisotopic (exact) mass is 272 g/mol. The zero-order valence-corrected chi connectivity index (χ0v) is 10.6. The molecular weight excluding hydrogens is 260 g/mol. The summed E-state index contributed by atoms with van der Waals surface area (Å²) in [6, 6.07) is 3.65. The zero-order valence-electron chi connectivity index (χ0n) is 8.96. The average molecular weight is 273 g/mol. The summed E-state index contributed by atoms with van der Waals surface area (Å²) < 4.78 is 11.1. The van der Waals surface area contributed by atoms with Gasteiger partial charge in [0.05, 0.1) is 18.7 Å². The first-order valence-corrected chi connectivity index (χ1v) is 5.28. The summed E-state index contributed by atoms with van der Waals surface area (Å²) in [5, 5.41) is 0. The average Bonchev–Trinajstić information content (AvgIpc) is 2.20. The van der Waals surface area contributed by atoms with E-state index in [0.717, 1.165) is 10.0 Å². The molecule has 15 heavy (non-hydrogen) atoms. The van der Waals surface area contributed by atoms with E-state index in [-0.39, 0.29) is 5.78 Å². The molecule has 0 bridgehead atoms. The van der Waals surface area contributed by atoms with E-state index in [9.17, 15) is 4.79 Å². The van der Waals surface area contributed by atoms with Crippen molar-refractivity contribution in [3.05, 3.63) is 22.2 Å². The topological polar surface area (TPSA) is 35.5 Å². The fourth-order valence-electron chi connectivity index (χ4n) is 1.33. The Morgan fingerprint density at radius 2 is 2.00 bits per heavy atom. The van der Waals surface area contributed by atoms with Crippen LogP contribution in [0.2, 0.25) is 0 Å². The van der Waals surface area contributed by atoms with Gasteiger partial charge in [0.25, 0.3) is 0 Å². The summed E-state index contributed by atoms with van der Waals surface area (Å²) >= 11 is 3.40. The minimum atomic E-state index is 0.114. The molecule has 0 amide bonds. The number of halogens is 1. The van der Waals surface area contributed by atoms with Gasteiger partial charge in [-0.2, -0.15) is 0 Å². The molecule has 1 aromatic rings. The molecule has 0 aliphatic rings. The number of carbonyl (C=O) groups is 1. The van der Waals surface area contributed by atoms with Gasteiger partial charge < -0.3 is 9.47 Å². The van der Waals surface area contributed by atoms with Crippen molar-refractivity contribution in [2.45, 2.75) is 13.3 Å². The highest BCUT2D eigenvalue weighted by Gasteiger charge is 2.13. The van der Waals surface area contributed by atoms with Gasteiger partial charge in [-0.15, -0.1) is 0 Å². The number of carbonyl (C=O) groups excluding carboxylic acids is 1. The molecule has 0 aliphatic carbocycles. The summed E-state index contributed by atoms with van der Waals surface area (Å²) in [4.78, 5) is 11.0. The van der Waals surface area contributed by atoms with E-state index in [1.807, 2.05) is 6.07 Å². The Morgan fingerprint density at radius 3 is 2.47 bits per heavy atom. The molecule has 0 fully saturated rings. The summed E-state index contributed by atoms with van der Waals surface area (Å²) in [5.41, 5.74) is 0.903. The Kier molecular flexibility index (Phi) is 4.15. The van der Waals surface area contributed by atoms with Gasteiger partial charge in [-0.25, -0.2) is 0 Å². The Morgan fingerprint density at radius 1 is 1.33 bits per heavy atom. The minimum absolute atomic E-state index is 0.114. The minimum Gasteiger partial charge on any atom is -0.493 e. The fourth-order valence-corrected chi connectivity index (χ4v) is 1.96. The van der Waals surface area contributed by atoms with Crippen LogP contribution in [0.1, 0.15) is 12.5 Å². The van der Waals surface area contributed by atoms with Crippen molar-refractivity contribution in [2.24, 2.45) is 0 Å². The number of ketones is 1. The summed E-state index contributed by atoms with van der Waals surface area (Å²) in [6.45, 7) is 1.56. The molecule has 0 atom stereocenters. The van der Waals surface area contributed by atoms with E-state index in [2.05, 4.69) is 15.9 Å².